The Bertz CT molecular complexity index is 617. The van der Waals surface area contributed by atoms with Crippen molar-refractivity contribution < 1.29 is 26.4 Å². The van der Waals surface area contributed by atoms with Gasteiger partial charge in [0.05, 0.1) is 28.3 Å². The van der Waals surface area contributed by atoms with Crippen LogP contribution in [0.4, 0.5) is 0 Å². The SMILES string of the molecule is BrBr.CC(=O)C1CCS(=O)(=O)CC1.O=C(CBr)C1CCS(=O)(=O)CC1. The molecule has 0 aliphatic carbocycles. The molecule has 0 amide bonds. The number of carbonyl (C=O) groups is 2. The first kappa shape index (κ1) is 25.7. The van der Waals surface area contributed by atoms with E-state index < -0.39 is 19.7 Å². The average molecular weight is 591 g/mol. The quantitative estimate of drug-likeness (QED) is 0.469. The van der Waals surface area contributed by atoms with Crippen LogP contribution in [0.3, 0.4) is 0 Å². The van der Waals surface area contributed by atoms with Crippen molar-refractivity contribution in [3.63, 3.8) is 0 Å². The van der Waals surface area contributed by atoms with Gasteiger partial charge in [-0.25, -0.2) is 16.8 Å². The fraction of sp³-hybridized carbons (Fsp3) is 0.857. The molecule has 0 aromatic carbocycles. The molecule has 2 heterocycles. The predicted octanol–water partition coefficient (Wildman–Crippen LogP) is 2.87. The molecule has 25 heavy (non-hydrogen) atoms. The van der Waals surface area contributed by atoms with Crippen molar-refractivity contribution in [2.75, 3.05) is 28.3 Å². The smallest absolute Gasteiger partial charge is 0.150 e. The number of alkyl halides is 1. The summed E-state index contributed by atoms with van der Waals surface area (Å²) < 4.78 is 43.8. The molecule has 0 unspecified atom stereocenters. The molecular weight excluding hydrogens is 568 g/mol. The van der Waals surface area contributed by atoms with E-state index in [4.69, 9.17) is 0 Å². The van der Waals surface area contributed by atoms with Crippen LogP contribution in [0.2, 0.25) is 0 Å². The molecule has 0 bridgehead atoms. The van der Waals surface area contributed by atoms with Gasteiger partial charge in [0, 0.05) is 40.1 Å². The van der Waals surface area contributed by atoms with Gasteiger partial charge in [-0.05, 0) is 32.6 Å². The summed E-state index contributed by atoms with van der Waals surface area (Å²) in [6.45, 7) is 1.53. The van der Waals surface area contributed by atoms with E-state index in [1.54, 1.807) is 0 Å². The first-order chi connectivity index (χ1) is 11.6. The van der Waals surface area contributed by atoms with Crippen molar-refractivity contribution in [3.8, 4) is 0 Å². The maximum Gasteiger partial charge on any atom is 0.150 e. The first-order valence-electron chi connectivity index (χ1n) is 7.70. The summed E-state index contributed by atoms with van der Waals surface area (Å²) in [5.74, 6) is 0.956. The van der Waals surface area contributed by atoms with Crippen molar-refractivity contribution in [1.29, 1.82) is 0 Å². The third-order valence-electron chi connectivity index (χ3n) is 4.27. The molecule has 2 rings (SSSR count). The Morgan fingerprint density at radius 1 is 0.800 bits per heavy atom. The van der Waals surface area contributed by atoms with Crippen molar-refractivity contribution in [2.45, 2.75) is 32.6 Å². The second kappa shape index (κ2) is 12.2. The Balaban J connectivity index is 0.000000421. The van der Waals surface area contributed by atoms with Gasteiger partial charge in [-0.3, -0.25) is 9.59 Å². The van der Waals surface area contributed by atoms with Gasteiger partial charge >= 0.3 is 0 Å². The van der Waals surface area contributed by atoms with Crippen LogP contribution in [-0.2, 0) is 29.3 Å². The molecule has 0 radical (unpaired) electrons. The number of hydrogen-bond acceptors (Lipinski definition) is 6. The molecule has 0 atom stereocenters. The average Bonchev–Trinajstić information content (AvgIpc) is 2.56. The Morgan fingerprint density at radius 3 is 1.40 bits per heavy atom. The summed E-state index contributed by atoms with van der Waals surface area (Å²) in [5.41, 5.74) is 0. The minimum Gasteiger partial charge on any atom is -0.300 e. The summed E-state index contributed by atoms with van der Waals surface area (Å²) in [6.07, 6.45) is 2.06. The third kappa shape index (κ3) is 10.6. The van der Waals surface area contributed by atoms with Crippen LogP contribution in [0.1, 0.15) is 32.6 Å². The van der Waals surface area contributed by atoms with Crippen molar-refractivity contribution in [3.05, 3.63) is 0 Å². The van der Waals surface area contributed by atoms with E-state index in [-0.39, 0.29) is 46.4 Å². The lowest BCUT2D eigenvalue weighted by molar-refractivity contribution is -0.121. The zero-order valence-corrected chi connectivity index (χ0v) is 20.3. The van der Waals surface area contributed by atoms with Crippen LogP contribution in [0.5, 0.6) is 0 Å². The summed E-state index contributed by atoms with van der Waals surface area (Å²) in [4.78, 5) is 22.0. The van der Waals surface area contributed by atoms with Crippen LogP contribution in [0.15, 0.2) is 0 Å². The van der Waals surface area contributed by atoms with E-state index in [1.165, 1.54) is 6.92 Å². The number of halogens is 3. The largest absolute Gasteiger partial charge is 0.300 e. The topological polar surface area (TPSA) is 102 Å². The lowest BCUT2D eigenvalue weighted by Gasteiger charge is -2.19. The van der Waals surface area contributed by atoms with E-state index in [9.17, 15) is 26.4 Å². The summed E-state index contributed by atoms with van der Waals surface area (Å²) in [6, 6.07) is 0. The first-order valence-corrected chi connectivity index (χ1v) is 16.2. The van der Waals surface area contributed by atoms with E-state index in [1.807, 2.05) is 0 Å². The molecular formula is C14H23Br3O6S2. The van der Waals surface area contributed by atoms with Crippen LogP contribution in [0.25, 0.3) is 0 Å². The lowest BCUT2D eigenvalue weighted by Crippen LogP contribution is -2.28. The maximum atomic E-state index is 11.1. The van der Waals surface area contributed by atoms with Crippen LogP contribution in [0, 0.1) is 11.8 Å². The Labute approximate surface area is 173 Å². The Kier molecular flexibility index (Phi) is 12.5. The number of ketones is 2. The van der Waals surface area contributed by atoms with E-state index >= 15 is 0 Å². The summed E-state index contributed by atoms with van der Waals surface area (Å²) in [7, 11) is -5.63. The van der Waals surface area contributed by atoms with Crippen LogP contribution >= 0.6 is 44.2 Å². The standard InChI is InChI=1S/C7H11BrO3S.C7H12O3S.Br2/c8-5-7(9)6-1-3-12(10,11)4-2-6;1-6(8)7-2-4-11(9,10)5-3-7;1-2/h6H,1-5H2;7H,2-5H2,1H3;. The highest BCUT2D eigenvalue weighted by Gasteiger charge is 2.27. The van der Waals surface area contributed by atoms with E-state index in [0.717, 1.165) is 0 Å². The molecule has 2 saturated heterocycles. The van der Waals surface area contributed by atoms with Gasteiger partial charge in [-0.1, -0.05) is 15.9 Å². The number of hydrogen-bond donors (Lipinski definition) is 0. The molecule has 148 valence electrons. The second-order valence-electron chi connectivity index (χ2n) is 6.06. The maximum absolute atomic E-state index is 11.1. The highest BCUT2D eigenvalue weighted by molar-refractivity contribution is 9.93. The highest BCUT2D eigenvalue weighted by Crippen LogP contribution is 2.20. The van der Waals surface area contributed by atoms with Gasteiger partial charge in [0.15, 0.2) is 0 Å². The third-order valence-corrected chi connectivity index (χ3v) is 8.25. The molecule has 11 heteroatoms. The normalized spacial score (nSPS) is 22.6. The van der Waals surface area contributed by atoms with E-state index in [2.05, 4.69) is 44.2 Å². The molecule has 0 aromatic rings. The van der Waals surface area contributed by atoms with Gasteiger partial charge < -0.3 is 0 Å². The van der Waals surface area contributed by atoms with E-state index in [0.29, 0.717) is 31.0 Å². The molecule has 2 aliphatic heterocycles. The minimum atomic E-state index is -2.82. The monoisotopic (exact) mass is 588 g/mol. The van der Waals surface area contributed by atoms with Gasteiger partial charge in [0.1, 0.15) is 31.2 Å². The number of carbonyl (C=O) groups excluding carboxylic acids is 2. The zero-order valence-electron chi connectivity index (χ0n) is 13.9. The van der Waals surface area contributed by atoms with Gasteiger partial charge in [-0.2, -0.15) is 0 Å². The molecule has 6 nitrogen and oxygen atoms in total. The van der Waals surface area contributed by atoms with Gasteiger partial charge in [0.2, 0.25) is 0 Å². The number of sulfone groups is 2. The summed E-state index contributed by atoms with van der Waals surface area (Å²) >= 11 is 8.58. The van der Waals surface area contributed by atoms with Crippen LogP contribution < -0.4 is 0 Å². The Morgan fingerprint density at radius 2 is 1.12 bits per heavy atom. The van der Waals surface area contributed by atoms with Gasteiger partial charge in [-0.15, -0.1) is 0 Å². The molecule has 2 fully saturated rings. The zero-order chi connectivity index (χ0) is 19.7. The highest BCUT2D eigenvalue weighted by atomic mass is 80.9. The summed E-state index contributed by atoms with van der Waals surface area (Å²) in [5, 5.41) is 0.345. The number of rotatable bonds is 3. The molecule has 2 aliphatic rings. The Hall–Kier alpha value is 0.680. The van der Waals surface area contributed by atoms with Crippen molar-refractivity contribution in [2.24, 2.45) is 11.8 Å². The van der Waals surface area contributed by atoms with Crippen LogP contribution in [-0.4, -0.2) is 56.7 Å². The fourth-order valence-electron chi connectivity index (χ4n) is 2.62. The van der Waals surface area contributed by atoms with Crippen molar-refractivity contribution >= 4 is 75.4 Å². The second-order valence-corrected chi connectivity index (χ2v) is 11.2. The number of Topliss-reactive ketones (excluding diaryl/α,β-unsaturated/α-hetero) is 2. The fourth-order valence-corrected chi connectivity index (χ4v) is 6.06. The van der Waals surface area contributed by atoms with Gasteiger partial charge in [0.25, 0.3) is 0 Å². The molecule has 0 saturated carbocycles. The molecule has 0 aromatic heterocycles. The molecule has 0 spiro atoms. The predicted molar refractivity (Wildman–Crippen MR) is 110 cm³/mol. The minimum absolute atomic E-state index is 0.00137. The molecule has 0 N–H and O–H groups in total. The van der Waals surface area contributed by atoms with Crippen molar-refractivity contribution in [1.82, 2.24) is 0 Å². The lowest BCUT2D eigenvalue weighted by atomic mass is 9.99.